The van der Waals surface area contributed by atoms with E-state index in [9.17, 15) is 4.79 Å². The number of hydrogen-bond acceptors (Lipinski definition) is 6. The highest BCUT2D eigenvalue weighted by atomic mass is 16.5. The van der Waals surface area contributed by atoms with Gasteiger partial charge in [-0.25, -0.2) is 9.97 Å². The lowest BCUT2D eigenvalue weighted by Gasteiger charge is -2.23. The lowest BCUT2D eigenvalue weighted by Crippen LogP contribution is -2.40. The van der Waals surface area contributed by atoms with Gasteiger partial charge in [-0.1, -0.05) is 0 Å². The number of carbonyl (C=O) groups is 1. The molecular weight excluding hydrogens is 282 g/mol. The lowest BCUT2D eigenvalue weighted by atomic mass is 10.2. The van der Waals surface area contributed by atoms with E-state index in [0.29, 0.717) is 0 Å². The van der Waals surface area contributed by atoms with Crippen LogP contribution in [-0.4, -0.2) is 47.7 Å². The summed E-state index contributed by atoms with van der Waals surface area (Å²) in [6.07, 6.45) is 4.41. The zero-order valence-corrected chi connectivity index (χ0v) is 13.3. The van der Waals surface area contributed by atoms with Crippen LogP contribution < -0.4 is 16.0 Å². The smallest absolute Gasteiger partial charge is 0.240 e. The number of amides is 1. The summed E-state index contributed by atoms with van der Waals surface area (Å²) in [5.41, 5.74) is 5.45. The summed E-state index contributed by atoms with van der Waals surface area (Å²) in [6.45, 7) is 6.35. The number of anilines is 2. The van der Waals surface area contributed by atoms with Crippen molar-refractivity contribution in [2.24, 2.45) is 5.73 Å². The van der Waals surface area contributed by atoms with E-state index >= 15 is 0 Å². The van der Waals surface area contributed by atoms with E-state index in [4.69, 9.17) is 10.5 Å². The van der Waals surface area contributed by atoms with E-state index in [2.05, 4.69) is 15.3 Å². The van der Waals surface area contributed by atoms with Gasteiger partial charge < -0.3 is 20.7 Å². The second kappa shape index (κ2) is 7.93. The second-order valence-electron chi connectivity index (χ2n) is 5.72. The molecular formula is C15H25N5O2. The highest BCUT2D eigenvalue weighted by molar-refractivity contribution is 5.84. The average molecular weight is 307 g/mol. The fourth-order valence-corrected chi connectivity index (χ4v) is 2.55. The van der Waals surface area contributed by atoms with Crippen molar-refractivity contribution in [1.82, 2.24) is 9.97 Å². The number of hydrogen-bond donors (Lipinski definition) is 2. The molecule has 2 heterocycles. The molecule has 7 nitrogen and oxygen atoms in total. The van der Waals surface area contributed by atoms with Gasteiger partial charge in [0.1, 0.15) is 24.0 Å². The Morgan fingerprint density at radius 2 is 2.36 bits per heavy atom. The molecule has 22 heavy (non-hydrogen) atoms. The maximum Gasteiger partial charge on any atom is 0.240 e. The van der Waals surface area contributed by atoms with E-state index in [1.807, 2.05) is 24.8 Å². The number of nitrogens with one attached hydrogen (secondary N) is 1. The second-order valence-corrected chi connectivity index (χ2v) is 5.72. The predicted octanol–water partition coefficient (Wildman–Crippen LogP) is 1.16. The van der Waals surface area contributed by atoms with Crippen molar-refractivity contribution in [2.45, 2.75) is 45.3 Å². The quantitative estimate of drug-likeness (QED) is 0.700. The summed E-state index contributed by atoms with van der Waals surface area (Å²) >= 11 is 0. The molecule has 1 saturated heterocycles. The van der Waals surface area contributed by atoms with Gasteiger partial charge in [0.15, 0.2) is 0 Å². The molecule has 1 atom stereocenters. The molecule has 0 radical (unpaired) electrons. The predicted molar refractivity (Wildman–Crippen MR) is 85.8 cm³/mol. The fraction of sp³-hybridized carbons (Fsp3) is 0.667. The van der Waals surface area contributed by atoms with Crippen LogP contribution >= 0.6 is 0 Å². The van der Waals surface area contributed by atoms with Crippen molar-refractivity contribution in [2.75, 3.05) is 29.9 Å². The molecule has 0 aromatic carbocycles. The highest BCUT2D eigenvalue weighted by Crippen LogP contribution is 2.24. The summed E-state index contributed by atoms with van der Waals surface area (Å²) in [4.78, 5) is 21.9. The molecule has 0 saturated carbocycles. The molecule has 0 spiro atoms. The Kier molecular flexibility index (Phi) is 5.94. The molecule has 0 bridgehead atoms. The first-order valence-electron chi connectivity index (χ1n) is 7.81. The number of nitrogens with two attached hydrogens (primary N) is 1. The zero-order chi connectivity index (χ0) is 15.9. The summed E-state index contributed by atoms with van der Waals surface area (Å²) in [6, 6.07) is 1.60. The molecule has 2 rings (SSSR count). The third kappa shape index (κ3) is 4.56. The molecule has 0 aliphatic carbocycles. The minimum atomic E-state index is -0.295. The number of rotatable bonds is 8. The summed E-state index contributed by atoms with van der Waals surface area (Å²) in [7, 11) is 0. The molecule has 122 valence electrons. The Hall–Kier alpha value is -1.89. The standard InChI is InChI=1S/C15H25N5O2/c1-11(2)22-8-4-6-17-13-9-14(19-10-18-13)20-7-3-5-12(20)15(16)21/h9-12H,3-8H2,1-2H3,(H2,16,21)(H,17,18,19)/t12-/m1/s1. The third-order valence-corrected chi connectivity index (χ3v) is 3.61. The molecule has 7 heteroatoms. The summed E-state index contributed by atoms with van der Waals surface area (Å²) in [5.74, 6) is 1.21. The van der Waals surface area contributed by atoms with Gasteiger partial charge in [-0.15, -0.1) is 0 Å². The highest BCUT2D eigenvalue weighted by Gasteiger charge is 2.30. The Labute approximate surface area is 131 Å². The van der Waals surface area contributed by atoms with Gasteiger partial charge in [-0.05, 0) is 33.1 Å². The van der Waals surface area contributed by atoms with Crippen molar-refractivity contribution >= 4 is 17.5 Å². The maximum absolute atomic E-state index is 11.5. The number of carbonyl (C=O) groups excluding carboxylic acids is 1. The van der Waals surface area contributed by atoms with Crippen LogP contribution in [0.3, 0.4) is 0 Å². The number of aromatic nitrogens is 2. The Balaban J connectivity index is 1.88. The van der Waals surface area contributed by atoms with Crippen LogP contribution in [0.4, 0.5) is 11.6 Å². The van der Waals surface area contributed by atoms with Gasteiger partial charge in [0.25, 0.3) is 0 Å². The van der Waals surface area contributed by atoms with Crippen molar-refractivity contribution in [3.8, 4) is 0 Å². The molecule has 1 aliphatic rings. The fourth-order valence-electron chi connectivity index (χ4n) is 2.55. The van der Waals surface area contributed by atoms with E-state index < -0.39 is 0 Å². The van der Waals surface area contributed by atoms with Gasteiger partial charge in [0.05, 0.1) is 6.10 Å². The minimum absolute atomic E-state index is 0.256. The Morgan fingerprint density at radius 3 is 3.09 bits per heavy atom. The van der Waals surface area contributed by atoms with E-state index in [1.165, 1.54) is 6.33 Å². The van der Waals surface area contributed by atoms with Crippen LogP contribution in [0, 0.1) is 0 Å². The van der Waals surface area contributed by atoms with E-state index in [0.717, 1.165) is 50.6 Å². The topological polar surface area (TPSA) is 93.4 Å². The molecule has 1 aromatic heterocycles. The average Bonchev–Trinajstić information content (AvgIpc) is 2.96. The van der Waals surface area contributed by atoms with Crippen molar-refractivity contribution in [3.63, 3.8) is 0 Å². The lowest BCUT2D eigenvalue weighted by molar-refractivity contribution is -0.119. The van der Waals surface area contributed by atoms with Gasteiger partial charge in [-0.2, -0.15) is 0 Å². The van der Waals surface area contributed by atoms with Gasteiger partial charge in [0.2, 0.25) is 5.91 Å². The zero-order valence-electron chi connectivity index (χ0n) is 13.3. The molecule has 3 N–H and O–H groups in total. The normalized spacial score (nSPS) is 18.0. The van der Waals surface area contributed by atoms with E-state index in [-0.39, 0.29) is 18.1 Å². The van der Waals surface area contributed by atoms with Crippen LogP contribution in [0.2, 0.25) is 0 Å². The molecule has 1 amide bonds. The molecule has 1 aliphatic heterocycles. The maximum atomic E-state index is 11.5. The molecule has 1 aromatic rings. The Bertz CT molecular complexity index is 495. The van der Waals surface area contributed by atoms with Crippen LogP contribution in [0.1, 0.15) is 33.1 Å². The van der Waals surface area contributed by atoms with Crippen molar-refractivity contribution in [1.29, 1.82) is 0 Å². The largest absolute Gasteiger partial charge is 0.379 e. The Morgan fingerprint density at radius 1 is 1.55 bits per heavy atom. The van der Waals surface area contributed by atoms with Gasteiger partial charge in [0, 0.05) is 25.8 Å². The number of nitrogens with zero attached hydrogens (tertiary/aromatic N) is 3. The molecule has 1 fully saturated rings. The number of ether oxygens (including phenoxy) is 1. The summed E-state index contributed by atoms with van der Waals surface area (Å²) in [5, 5.41) is 3.25. The van der Waals surface area contributed by atoms with Gasteiger partial charge >= 0.3 is 0 Å². The monoisotopic (exact) mass is 307 g/mol. The third-order valence-electron chi connectivity index (χ3n) is 3.61. The van der Waals surface area contributed by atoms with Crippen molar-refractivity contribution in [3.05, 3.63) is 12.4 Å². The van der Waals surface area contributed by atoms with Crippen LogP contribution in [0.15, 0.2) is 12.4 Å². The van der Waals surface area contributed by atoms with Gasteiger partial charge in [-0.3, -0.25) is 4.79 Å². The molecule has 0 unspecified atom stereocenters. The number of primary amides is 1. The first-order chi connectivity index (χ1) is 10.6. The van der Waals surface area contributed by atoms with Crippen LogP contribution in [-0.2, 0) is 9.53 Å². The van der Waals surface area contributed by atoms with Crippen LogP contribution in [0.5, 0.6) is 0 Å². The SMILES string of the molecule is CC(C)OCCCNc1cc(N2CCC[C@@H]2C(N)=O)ncn1. The summed E-state index contributed by atoms with van der Waals surface area (Å²) < 4.78 is 5.49. The van der Waals surface area contributed by atoms with Crippen LogP contribution in [0.25, 0.3) is 0 Å². The van der Waals surface area contributed by atoms with E-state index in [1.54, 1.807) is 0 Å². The minimum Gasteiger partial charge on any atom is -0.379 e. The first-order valence-corrected chi connectivity index (χ1v) is 7.81. The van der Waals surface area contributed by atoms with Crippen molar-refractivity contribution < 1.29 is 9.53 Å². The first kappa shape index (κ1) is 16.5.